The number of hydrazone groups is 1. The first kappa shape index (κ1) is 12.2. The van der Waals surface area contributed by atoms with Gasteiger partial charge in [-0.3, -0.25) is 15.4 Å². The Kier molecular flexibility index (Phi) is 3.08. The number of rotatable bonds is 2. The Balaban J connectivity index is 2.26. The molecule has 94 valence electrons. The van der Waals surface area contributed by atoms with Crippen LogP contribution in [0.3, 0.4) is 0 Å². The van der Waals surface area contributed by atoms with E-state index in [0.29, 0.717) is 5.69 Å². The molecule has 1 aliphatic rings. The molecule has 9 heteroatoms. The van der Waals surface area contributed by atoms with Gasteiger partial charge in [-0.25, -0.2) is 0 Å². The van der Waals surface area contributed by atoms with E-state index in [4.69, 9.17) is 15.7 Å². The summed E-state index contributed by atoms with van der Waals surface area (Å²) in [7, 11) is -3.79. The van der Waals surface area contributed by atoms with Gasteiger partial charge in [-0.2, -0.15) is 9.31 Å². The Hall–Kier alpha value is -2.26. The molecule has 1 aromatic rings. The van der Waals surface area contributed by atoms with Crippen LogP contribution in [-0.4, -0.2) is 26.1 Å². The number of hydrogen-bond acceptors (Lipinski definition) is 5. The molecule has 0 aliphatic carbocycles. The minimum absolute atomic E-state index is 0.0770. The maximum Gasteiger partial charge on any atom is 0.281 e. The van der Waals surface area contributed by atoms with Crippen LogP contribution in [0.25, 0.3) is 0 Å². The monoisotopic (exact) mass is 266 g/mol. The molecule has 0 amide bonds. The standard InChI is InChI=1S/C9H10N6O2S/c10-8-7(9(11)15-18(16,17)14-8)13-12-6-4-2-1-3-5-6/h1-5,12H,(H4,10,11,14,15,16,17). The number of nitrogens with one attached hydrogen (secondary N) is 2. The third kappa shape index (κ3) is 2.70. The molecule has 0 spiro atoms. The molecule has 1 unspecified atom stereocenters. The van der Waals surface area contributed by atoms with E-state index < -0.39 is 16.0 Å². The molecule has 0 saturated carbocycles. The number of amidine groups is 2. The average molecular weight is 266 g/mol. The molecule has 1 heterocycles. The summed E-state index contributed by atoms with van der Waals surface area (Å²) < 4.78 is 26.7. The van der Waals surface area contributed by atoms with Crippen molar-refractivity contribution in [2.24, 2.45) is 19.6 Å². The van der Waals surface area contributed by atoms with Gasteiger partial charge >= 0.3 is 0 Å². The van der Waals surface area contributed by atoms with Crippen molar-refractivity contribution in [2.45, 2.75) is 0 Å². The number of benzene rings is 1. The first-order valence-corrected chi connectivity index (χ1v) is 6.24. The fraction of sp³-hybridized carbons (Fsp3) is 0. The summed E-state index contributed by atoms with van der Waals surface area (Å²) in [5, 5.41) is 11.3. The summed E-state index contributed by atoms with van der Waals surface area (Å²) in [5.74, 6) is -0.788. The lowest BCUT2D eigenvalue weighted by Gasteiger charge is -2.10. The third-order valence-electron chi connectivity index (χ3n) is 1.96. The van der Waals surface area contributed by atoms with Crippen LogP contribution in [0.4, 0.5) is 5.69 Å². The van der Waals surface area contributed by atoms with Crippen molar-refractivity contribution >= 4 is 33.3 Å². The lowest BCUT2D eigenvalue weighted by Crippen LogP contribution is -2.35. The van der Waals surface area contributed by atoms with Crippen molar-refractivity contribution in [2.75, 3.05) is 5.43 Å². The van der Waals surface area contributed by atoms with Gasteiger partial charge in [0.1, 0.15) is 0 Å². The van der Waals surface area contributed by atoms with E-state index in [9.17, 15) is 4.21 Å². The smallest absolute Gasteiger partial charge is 0.281 e. The Labute approximate surface area is 103 Å². The van der Waals surface area contributed by atoms with Crippen molar-refractivity contribution in [3.63, 3.8) is 0 Å². The van der Waals surface area contributed by atoms with Crippen LogP contribution < -0.4 is 11.2 Å². The zero-order valence-corrected chi connectivity index (χ0v) is 9.89. The number of hydrogen-bond donors (Lipinski definition) is 4. The van der Waals surface area contributed by atoms with Crippen LogP contribution in [-0.2, 0) is 10.2 Å². The van der Waals surface area contributed by atoms with Crippen molar-refractivity contribution in [1.29, 1.82) is 5.41 Å². The molecule has 0 fully saturated rings. The van der Waals surface area contributed by atoms with Crippen LogP contribution in [0.2, 0.25) is 0 Å². The lowest BCUT2D eigenvalue weighted by atomic mass is 10.3. The van der Waals surface area contributed by atoms with Crippen molar-refractivity contribution in [3.05, 3.63) is 30.3 Å². The third-order valence-corrected chi connectivity index (χ3v) is 2.82. The minimum atomic E-state index is -3.79. The molecule has 0 bridgehead atoms. The van der Waals surface area contributed by atoms with Gasteiger partial charge in [0.05, 0.1) is 5.69 Å². The van der Waals surface area contributed by atoms with E-state index in [1.165, 1.54) is 0 Å². The zero-order chi connectivity index (χ0) is 13.2. The molecule has 2 rings (SSSR count). The Morgan fingerprint density at radius 3 is 2.67 bits per heavy atom. The van der Waals surface area contributed by atoms with E-state index in [1.807, 2.05) is 6.07 Å². The Morgan fingerprint density at radius 2 is 2.06 bits per heavy atom. The molecule has 0 saturated heterocycles. The molecule has 0 radical (unpaired) electrons. The highest BCUT2D eigenvalue weighted by molar-refractivity contribution is 7.87. The van der Waals surface area contributed by atoms with Crippen LogP contribution in [0.5, 0.6) is 0 Å². The van der Waals surface area contributed by atoms with Gasteiger partial charge in [0.15, 0.2) is 17.4 Å². The second-order valence-electron chi connectivity index (χ2n) is 3.32. The first-order chi connectivity index (χ1) is 8.48. The van der Waals surface area contributed by atoms with Crippen LogP contribution >= 0.6 is 0 Å². The summed E-state index contributed by atoms with van der Waals surface area (Å²) in [6.07, 6.45) is 0. The van der Waals surface area contributed by atoms with E-state index in [0.717, 1.165) is 0 Å². The van der Waals surface area contributed by atoms with Gasteiger partial charge in [-0.15, -0.1) is 8.76 Å². The van der Waals surface area contributed by atoms with Gasteiger partial charge < -0.3 is 5.73 Å². The largest absolute Gasteiger partial charge is 0.381 e. The molecule has 1 atom stereocenters. The van der Waals surface area contributed by atoms with Crippen molar-refractivity contribution < 1.29 is 8.76 Å². The molecule has 18 heavy (non-hydrogen) atoms. The Bertz CT molecular complexity index is 657. The van der Waals surface area contributed by atoms with Gasteiger partial charge in [0.2, 0.25) is 0 Å². The minimum Gasteiger partial charge on any atom is -0.381 e. The fourth-order valence-electron chi connectivity index (χ4n) is 1.22. The highest BCUT2D eigenvalue weighted by Crippen LogP contribution is 2.07. The van der Waals surface area contributed by atoms with Crippen molar-refractivity contribution in [3.8, 4) is 0 Å². The maximum absolute atomic E-state index is 11.2. The average Bonchev–Trinajstić information content (AvgIpc) is 2.27. The van der Waals surface area contributed by atoms with Crippen LogP contribution in [0.15, 0.2) is 44.2 Å². The Morgan fingerprint density at radius 1 is 1.39 bits per heavy atom. The van der Waals surface area contributed by atoms with E-state index in [2.05, 4.69) is 19.3 Å². The van der Waals surface area contributed by atoms with Gasteiger partial charge in [0, 0.05) is 0 Å². The molecular formula is C9H10N6O2S. The molecule has 1 aliphatic heterocycles. The lowest BCUT2D eigenvalue weighted by molar-refractivity contribution is 0.554. The molecule has 8 nitrogen and oxygen atoms in total. The highest BCUT2D eigenvalue weighted by atomic mass is 32.2. The summed E-state index contributed by atoms with van der Waals surface area (Å²) in [4.78, 5) is 0. The number of nitrogens with zero attached hydrogens (tertiary/aromatic N) is 3. The predicted octanol–water partition coefficient (Wildman–Crippen LogP) is 0.659. The summed E-state index contributed by atoms with van der Waals surface area (Å²) in [5.41, 5.74) is 8.71. The SMILES string of the molecule is N=C1N=S(=O)(O)N=C(N)/C1=N\Nc1ccccc1. The summed E-state index contributed by atoms with van der Waals surface area (Å²) in [6.45, 7) is 0. The van der Waals surface area contributed by atoms with Crippen LogP contribution in [0.1, 0.15) is 0 Å². The summed E-state index contributed by atoms with van der Waals surface area (Å²) in [6, 6.07) is 8.97. The van der Waals surface area contributed by atoms with E-state index >= 15 is 0 Å². The molecule has 5 N–H and O–H groups in total. The topological polar surface area (TPSA) is 136 Å². The van der Waals surface area contributed by atoms with Crippen LogP contribution in [0, 0.1) is 5.41 Å². The first-order valence-electron chi connectivity index (χ1n) is 4.81. The number of para-hydroxylation sites is 1. The quantitative estimate of drug-likeness (QED) is 0.584. The van der Waals surface area contributed by atoms with Gasteiger partial charge in [-0.1, -0.05) is 18.2 Å². The predicted molar refractivity (Wildman–Crippen MR) is 70.0 cm³/mol. The molecular weight excluding hydrogens is 256 g/mol. The van der Waals surface area contributed by atoms with E-state index in [1.54, 1.807) is 24.3 Å². The number of nitrogens with two attached hydrogens (primary N) is 1. The van der Waals surface area contributed by atoms with Crippen molar-refractivity contribution in [1.82, 2.24) is 0 Å². The highest BCUT2D eigenvalue weighted by Gasteiger charge is 2.21. The summed E-state index contributed by atoms with van der Waals surface area (Å²) >= 11 is 0. The molecule has 0 aromatic heterocycles. The second kappa shape index (κ2) is 4.55. The molecule has 1 aromatic carbocycles. The van der Waals surface area contributed by atoms with Gasteiger partial charge in [-0.05, 0) is 12.1 Å². The normalized spacial score (nSPS) is 25.5. The second-order valence-corrected chi connectivity index (χ2v) is 4.63. The number of anilines is 1. The maximum atomic E-state index is 11.2. The zero-order valence-electron chi connectivity index (χ0n) is 9.07. The van der Waals surface area contributed by atoms with Gasteiger partial charge in [0.25, 0.3) is 10.2 Å². The fourth-order valence-corrected chi connectivity index (χ4v) is 1.93. The van der Waals surface area contributed by atoms with E-state index in [-0.39, 0.29) is 11.5 Å².